The molecular weight excluding hydrogens is 212 g/mol. The van der Waals surface area contributed by atoms with E-state index in [4.69, 9.17) is 10.6 Å². The number of hydrogen-bond acceptors (Lipinski definition) is 2. The van der Waals surface area contributed by atoms with Gasteiger partial charge < -0.3 is 10.6 Å². The summed E-state index contributed by atoms with van der Waals surface area (Å²) < 4.78 is 0. The van der Waals surface area contributed by atoms with Crippen LogP contribution in [-0.4, -0.2) is 11.9 Å². The highest BCUT2D eigenvalue weighted by Crippen LogP contribution is 2.24. The average Bonchev–Trinajstić information content (AvgIpc) is 2.07. The Labute approximate surface area is 107 Å². The van der Waals surface area contributed by atoms with Gasteiger partial charge in [0.1, 0.15) is 11.9 Å². The molecule has 0 bridgehead atoms. The lowest BCUT2D eigenvalue weighted by atomic mass is 9.88. The number of amidine groups is 1. The predicted octanol–water partition coefficient (Wildman–Crippen LogP) is 3.93. The van der Waals surface area contributed by atoms with Crippen molar-refractivity contribution in [2.45, 2.75) is 73.8 Å². The van der Waals surface area contributed by atoms with E-state index in [1.54, 1.807) is 0 Å². The van der Waals surface area contributed by atoms with Crippen LogP contribution in [0.3, 0.4) is 0 Å². The third kappa shape index (κ3) is 10.2. The van der Waals surface area contributed by atoms with Gasteiger partial charge in [0, 0.05) is 6.42 Å². The summed E-state index contributed by atoms with van der Waals surface area (Å²) in [6.45, 7) is 15.2. The van der Waals surface area contributed by atoms with Gasteiger partial charge in [-0.05, 0) is 23.7 Å². The molecular formula is C14H30N2O. The monoisotopic (exact) mass is 242 g/mol. The first kappa shape index (κ1) is 16.3. The van der Waals surface area contributed by atoms with Crippen LogP contribution < -0.4 is 5.73 Å². The molecule has 3 nitrogen and oxygen atoms in total. The van der Waals surface area contributed by atoms with Gasteiger partial charge in [-0.2, -0.15) is 0 Å². The summed E-state index contributed by atoms with van der Waals surface area (Å²) in [5, 5.41) is 4.06. The van der Waals surface area contributed by atoms with Crippen molar-refractivity contribution in [2.24, 2.45) is 21.7 Å². The summed E-state index contributed by atoms with van der Waals surface area (Å²) in [6, 6.07) is 0. The number of hydrogen-bond donors (Lipinski definition) is 1. The molecule has 1 unspecified atom stereocenters. The Bertz CT molecular complexity index is 246. The molecule has 0 aromatic carbocycles. The lowest BCUT2D eigenvalue weighted by Crippen LogP contribution is -2.23. The van der Waals surface area contributed by atoms with Crippen LogP contribution in [0, 0.1) is 10.8 Å². The lowest BCUT2D eigenvalue weighted by molar-refractivity contribution is 0.0267. The Kier molecular flexibility index (Phi) is 6.00. The number of nitrogens with zero attached hydrogens (tertiary/aromatic N) is 1. The molecule has 17 heavy (non-hydrogen) atoms. The molecule has 0 saturated carbocycles. The molecule has 0 aromatic rings. The zero-order valence-corrected chi connectivity index (χ0v) is 12.6. The highest BCUT2D eigenvalue weighted by atomic mass is 16.6. The molecule has 0 spiro atoms. The van der Waals surface area contributed by atoms with Crippen LogP contribution in [0.1, 0.15) is 67.7 Å². The van der Waals surface area contributed by atoms with Gasteiger partial charge >= 0.3 is 0 Å². The maximum atomic E-state index is 5.85. The van der Waals surface area contributed by atoms with E-state index in [1.807, 2.05) is 0 Å². The molecule has 102 valence electrons. The van der Waals surface area contributed by atoms with Crippen molar-refractivity contribution < 1.29 is 4.84 Å². The summed E-state index contributed by atoms with van der Waals surface area (Å²) in [5.74, 6) is 0.588. The molecule has 0 aliphatic rings. The number of rotatable bonds is 5. The highest BCUT2D eigenvalue weighted by molar-refractivity contribution is 5.80. The first-order valence-electron chi connectivity index (χ1n) is 6.51. The van der Waals surface area contributed by atoms with E-state index >= 15 is 0 Å². The smallest absolute Gasteiger partial charge is 0.139 e. The van der Waals surface area contributed by atoms with Crippen molar-refractivity contribution in [3.8, 4) is 0 Å². The molecule has 2 N–H and O–H groups in total. The summed E-state index contributed by atoms with van der Waals surface area (Å²) in [6.07, 6.45) is 2.88. The molecule has 0 saturated heterocycles. The molecule has 0 radical (unpaired) electrons. The zero-order chi connectivity index (χ0) is 13.7. The Morgan fingerprint density at radius 2 is 1.65 bits per heavy atom. The molecule has 0 heterocycles. The minimum atomic E-state index is 0.155. The topological polar surface area (TPSA) is 47.6 Å². The van der Waals surface area contributed by atoms with E-state index in [1.165, 1.54) is 0 Å². The van der Waals surface area contributed by atoms with Crippen molar-refractivity contribution in [3.63, 3.8) is 0 Å². The fraction of sp³-hybridized carbons (Fsp3) is 0.929. The van der Waals surface area contributed by atoms with Crippen LogP contribution in [0.2, 0.25) is 0 Å². The maximum absolute atomic E-state index is 5.85. The molecule has 1 atom stereocenters. The van der Waals surface area contributed by atoms with Gasteiger partial charge in [0.25, 0.3) is 0 Å². The van der Waals surface area contributed by atoms with Crippen LogP contribution in [0.15, 0.2) is 5.16 Å². The SMILES string of the molecule is CCC(CC(C)(C)C)O/N=C(\N)CC(C)(C)C. The summed E-state index contributed by atoms with van der Waals surface area (Å²) in [7, 11) is 0. The van der Waals surface area contributed by atoms with E-state index in [2.05, 4.69) is 53.6 Å². The molecule has 0 aliphatic carbocycles. The largest absolute Gasteiger partial charge is 0.391 e. The highest BCUT2D eigenvalue weighted by Gasteiger charge is 2.19. The second-order valence-electron chi connectivity index (χ2n) is 7.22. The summed E-state index contributed by atoms with van der Waals surface area (Å²) in [5.41, 5.74) is 6.27. The second kappa shape index (κ2) is 6.27. The number of oxime groups is 1. The molecule has 0 rings (SSSR count). The minimum absolute atomic E-state index is 0.155. The van der Waals surface area contributed by atoms with Gasteiger partial charge in [-0.3, -0.25) is 0 Å². The van der Waals surface area contributed by atoms with E-state index < -0.39 is 0 Å². The van der Waals surface area contributed by atoms with Gasteiger partial charge in [0.15, 0.2) is 0 Å². The van der Waals surface area contributed by atoms with Crippen molar-refractivity contribution >= 4 is 5.84 Å². The van der Waals surface area contributed by atoms with Crippen LogP contribution in [-0.2, 0) is 4.84 Å². The van der Waals surface area contributed by atoms with E-state index in [9.17, 15) is 0 Å². The predicted molar refractivity (Wildman–Crippen MR) is 74.9 cm³/mol. The van der Waals surface area contributed by atoms with Gasteiger partial charge in [-0.1, -0.05) is 53.6 Å². The lowest BCUT2D eigenvalue weighted by Gasteiger charge is -2.24. The van der Waals surface area contributed by atoms with Crippen LogP contribution in [0.4, 0.5) is 0 Å². The van der Waals surface area contributed by atoms with Gasteiger partial charge in [0.05, 0.1) is 0 Å². The molecule has 0 amide bonds. The fourth-order valence-corrected chi connectivity index (χ4v) is 1.66. The Hall–Kier alpha value is -0.730. The van der Waals surface area contributed by atoms with Gasteiger partial charge in [-0.15, -0.1) is 0 Å². The van der Waals surface area contributed by atoms with Gasteiger partial charge in [-0.25, -0.2) is 0 Å². The van der Waals surface area contributed by atoms with Crippen molar-refractivity contribution in [2.75, 3.05) is 0 Å². The molecule has 0 aromatic heterocycles. The van der Waals surface area contributed by atoms with Crippen LogP contribution >= 0.6 is 0 Å². The standard InChI is InChI=1S/C14H30N2O/c1-8-11(9-13(2,3)4)17-16-12(15)10-14(5,6)7/h11H,8-10H2,1-7H3,(H2,15,16). The first-order valence-corrected chi connectivity index (χ1v) is 6.51. The quantitative estimate of drug-likeness (QED) is 0.451. The normalized spacial score (nSPS) is 15.8. The van der Waals surface area contributed by atoms with E-state index in [-0.39, 0.29) is 16.9 Å². The van der Waals surface area contributed by atoms with Crippen molar-refractivity contribution in [1.29, 1.82) is 0 Å². The first-order chi connectivity index (χ1) is 7.53. The maximum Gasteiger partial charge on any atom is 0.139 e. The van der Waals surface area contributed by atoms with E-state index in [0.717, 1.165) is 19.3 Å². The third-order valence-electron chi connectivity index (χ3n) is 2.33. The fourth-order valence-electron chi connectivity index (χ4n) is 1.66. The van der Waals surface area contributed by atoms with Crippen molar-refractivity contribution in [1.82, 2.24) is 0 Å². The summed E-state index contributed by atoms with van der Waals surface area (Å²) in [4.78, 5) is 5.54. The Morgan fingerprint density at radius 1 is 1.12 bits per heavy atom. The third-order valence-corrected chi connectivity index (χ3v) is 2.33. The van der Waals surface area contributed by atoms with Crippen molar-refractivity contribution in [3.05, 3.63) is 0 Å². The molecule has 0 fully saturated rings. The Morgan fingerprint density at radius 3 is 2.00 bits per heavy atom. The minimum Gasteiger partial charge on any atom is -0.391 e. The number of nitrogens with two attached hydrogens (primary N) is 1. The van der Waals surface area contributed by atoms with Gasteiger partial charge in [0.2, 0.25) is 0 Å². The average molecular weight is 242 g/mol. The Balaban J connectivity index is 4.26. The zero-order valence-electron chi connectivity index (χ0n) is 12.6. The molecule has 3 heteroatoms. The second-order valence-corrected chi connectivity index (χ2v) is 7.22. The summed E-state index contributed by atoms with van der Waals surface area (Å²) >= 11 is 0. The van der Waals surface area contributed by atoms with E-state index in [0.29, 0.717) is 5.84 Å². The van der Waals surface area contributed by atoms with Crippen LogP contribution in [0.25, 0.3) is 0 Å². The molecule has 0 aliphatic heterocycles. The van der Waals surface area contributed by atoms with Crippen LogP contribution in [0.5, 0.6) is 0 Å².